The van der Waals surface area contributed by atoms with E-state index in [9.17, 15) is 29.1 Å². The molecule has 1 aromatic carbocycles. The average Bonchev–Trinajstić information content (AvgIpc) is 3.22. The molecule has 1 aromatic rings. The molecule has 3 fully saturated rings. The number of ether oxygens (including phenoxy) is 1. The summed E-state index contributed by atoms with van der Waals surface area (Å²) in [5.41, 5.74) is 0.512. The van der Waals surface area contributed by atoms with E-state index < -0.39 is 63.0 Å². The molecule has 6 unspecified atom stereocenters. The molecule has 2 aliphatic heterocycles. The van der Waals surface area contributed by atoms with E-state index in [4.69, 9.17) is 33.0 Å². The number of hydrogen-bond donors (Lipinski definition) is 2. The van der Waals surface area contributed by atoms with Gasteiger partial charge in [-0.1, -0.05) is 33.6 Å². The van der Waals surface area contributed by atoms with E-state index in [2.05, 4.69) is 15.9 Å². The zero-order chi connectivity index (χ0) is 28.4. The first-order valence-electron chi connectivity index (χ1n) is 12.4. The molecule has 6 atom stereocenters. The normalized spacial score (nSPS) is 33.6. The molecule has 13 heteroatoms. The van der Waals surface area contributed by atoms with Crippen molar-refractivity contribution >= 4 is 68.7 Å². The Balaban J connectivity index is 1.67. The van der Waals surface area contributed by atoms with Crippen molar-refractivity contribution < 1.29 is 38.9 Å². The lowest BCUT2D eigenvalue weighted by molar-refractivity contribution is -0.142. The molecule has 4 amide bonds. The molecule has 0 bridgehead atoms. The second-order valence-corrected chi connectivity index (χ2v) is 11.9. The first kappa shape index (κ1) is 27.9. The minimum atomic E-state index is -2.06. The number of rotatable bonds is 7. The number of likely N-dealkylation sites (tertiary alicyclic amines) is 2. The van der Waals surface area contributed by atoms with Crippen molar-refractivity contribution in [2.75, 3.05) is 19.1 Å². The number of benzene rings is 1. The Hall–Kier alpha value is -2.63. The number of carboxylic acid groups (broad SMARTS) is 1. The van der Waals surface area contributed by atoms with E-state index in [-0.39, 0.29) is 54.7 Å². The number of alkyl halides is 3. The molecule has 2 heterocycles. The van der Waals surface area contributed by atoms with Crippen LogP contribution in [0.25, 0.3) is 0 Å². The molecule has 208 valence electrons. The van der Waals surface area contributed by atoms with Crippen molar-refractivity contribution in [3.8, 4) is 11.5 Å². The molecule has 10 nitrogen and oxygen atoms in total. The van der Waals surface area contributed by atoms with Crippen LogP contribution in [0, 0.1) is 17.8 Å². The van der Waals surface area contributed by atoms with E-state index in [0.29, 0.717) is 5.57 Å². The predicted molar refractivity (Wildman–Crippen MR) is 142 cm³/mol. The molecule has 0 aromatic heterocycles. The Labute approximate surface area is 242 Å². The maximum absolute atomic E-state index is 13.8. The highest BCUT2D eigenvalue weighted by Gasteiger charge is 2.76. The predicted octanol–water partition coefficient (Wildman–Crippen LogP) is 2.98. The van der Waals surface area contributed by atoms with Gasteiger partial charge in [-0.25, -0.2) is 0 Å². The summed E-state index contributed by atoms with van der Waals surface area (Å²) in [6, 6.07) is 4.54. The van der Waals surface area contributed by atoms with Gasteiger partial charge in [0.1, 0.15) is 11.5 Å². The number of methoxy groups -OCH3 is 1. The van der Waals surface area contributed by atoms with Crippen LogP contribution in [-0.2, 0) is 24.0 Å². The van der Waals surface area contributed by atoms with E-state index >= 15 is 0 Å². The Bertz CT molecular complexity index is 1340. The third-order valence-corrected chi connectivity index (χ3v) is 10.3. The summed E-state index contributed by atoms with van der Waals surface area (Å²) in [4.78, 5) is 63.3. The monoisotopic (exact) mass is 642 g/mol. The minimum absolute atomic E-state index is 0.0456. The van der Waals surface area contributed by atoms with Crippen LogP contribution in [0.15, 0.2) is 29.8 Å². The average molecular weight is 644 g/mol. The van der Waals surface area contributed by atoms with Crippen LogP contribution in [0.2, 0.25) is 0 Å². The summed E-state index contributed by atoms with van der Waals surface area (Å²) in [6.07, 6.45) is 1.63. The second kappa shape index (κ2) is 9.78. The number of phenolic OH excluding ortho intramolecular Hbond substituents is 1. The summed E-state index contributed by atoms with van der Waals surface area (Å²) in [5, 5.41) is 20.0. The van der Waals surface area contributed by atoms with Crippen molar-refractivity contribution in [3.05, 3.63) is 35.4 Å². The molecule has 4 aliphatic rings. The van der Waals surface area contributed by atoms with E-state index in [1.807, 2.05) is 0 Å². The maximum atomic E-state index is 13.8. The highest BCUT2D eigenvalue weighted by Crippen LogP contribution is 2.67. The summed E-state index contributed by atoms with van der Waals surface area (Å²) in [7, 11) is 1.39. The number of carbonyl (C=O) groups is 5. The molecule has 2 N–H and O–H groups in total. The first-order chi connectivity index (χ1) is 18.4. The molecule has 5 rings (SSSR count). The SMILES string of the molecule is COc1cccc(O)c1C1C2=CCC3C(=O)N(CCCC(=O)O)C(=O)C3C2CC2(Cl)C(=O)N(CBr)C(=O)C12Cl. The van der Waals surface area contributed by atoms with E-state index in [1.54, 1.807) is 18.2 Å². The highest BCUT2D eigenvalue weighted by molar-refractivity contribution is 9.09. The third kappa shape index (κ3) is 3.76. The third-order valence-electron chi connectivity index (χ3n) is 8.43. The molecule has 0 radical (unpaired) electrons. The fraction of sp³-hybridized carbons (Fsp3) is 0.500. The van der Waals surface area contributed by atoms with Crippen LogP contribution in [0.3, 0.4) is 0 Å². The number of carboxylic acids is 1. The number of imide groups is 2. The smallest absolute Gasteiger partial charge is 0.303 e. The topological polar surface area (TPSA) is 142 Å². The number of allylic oxidation sites excluding steroid dienone is 2. The molecule has 0 spiro atoms. The van der Waals surface area contributed by atoms with Gasteiger partial charge in [-0.3, -0.25) is 33.8 Å². The number of aliphatic carboxylic acids is 1. The Morgan fingerprint density at radius 2 is 1.85 bits per heavy atom. The lowest BCUT2D eigenvalue weighted by Crippen LogP contribution is -2.60. The highest BCUT2D eigenvalue weighted by atomic mass is 79.9. The summed E-state index contributed by atoms with van der Waals surface area (Å²) in [5.74, 6) is -6.97. The number of carbonyl (C=O) groups excluding carboxylic acids is 4. The van der Waals surface area contributed by atoms with Gasteiger partial charge in [0.05, 0.1) is 24.4 Å². The minimum Gasteiger partial charge on any atom is -0.508 e. The zero-order valence-electron chi connectivity index (χ0n) is 20.7. The first-order valence-corrected chi connectivity index (χ1v) is 14.2. The van der Waals surface area contributed by atoms with Crippen molar-refractivity contribution in [3.63, 3.8) is 0 Å². The number of nitrogens with zero attached hydrogens (tertiary/aromatic N) is 2. The quantitative estimate of drug-likeness (QED) is 0.200. The molecular weight excluding hydrogens is 619 g/mol. The number of phenols is 1. The fourth-order valence-electron chi connectivity index (χ4n) is 6.74. The van der Waals surface area contributed by atoms with Gasteiger partial charge in [-0.05, 0) is 37.3 Å². The lowest BCUT2D eigenvalue weighted by Gasteiger charge is -2.51. The van der Waals surface area contributed by atoms with Crippen LogP contribution >= 0.6 is 39.1 Å². The standard InChI is InChI=1S/C26H25BrCl2N2O8/c1-39-16-5-2-4-15(32)19(16)20-12-7-8-13-18(22(36)30(21(13)35)9-3-6-17(33)34)14(12)10-25(28)23(37)31(11-27)24(38)26(20,25)29/h2,4-5,7,13-14,18,20,32H,3,6,8-11H2,1H3,(H,33,34). The number of halogens is 3. The van der Waals surface area contributed by atoms with Crippen molar-refractivity contribution in [1.29, 1.82) is 0 Å². The van der Waals surface area contributed by atoms with Crippen molar-refractivity contribution in [1.82, 2.24) is 9.80 Å². The van der Waals surface area contributed by atoms with Crippen LogP contribution in [0.5, 0.6) is 11.5 Å². The van der Waals surface area contributed by atoms with Gasteiger partial charge in [0.15, 0.2) is 9.75 Å². The number of amides is 4. The van der Waals surface area contributed by atoms with Gasteiger partial charge in [0.2, 0.25) is 11.8 Å². The largest absolute Gasteiger partial charge is 0.508 e. The van der Waals surface area contributed by atoms with Crippen LogP contribution in [0.4, 0.5) is 0 Å². The van der Waals surface area contributed by atoms with Gasteiger partial charge >= 0.3 is 5.97 Å². The zero-order valence-corrected chi connectivity index (χ0v) is 23.8. The summed E-state index contributed by atoms with van der Waals surface area (Å²) in [6.45, 7) is -0.0456. The fourth-order valence-corrected chi connectivity index (χ4v) is 8.15. The van der Waals surface area contributed by atoms with Crippen molar-refractivity contribution in [2.24, 2.45) is 17.8 Å². The molecule has 2 aliphatic carbocycles. The van der Waals surface area contributed by atoms with Gasteiger partial charge in [0, 0.05) is 24.4 Å². The van der Waals surface area contributed by atoms with Crippen LogP contribution < -0.4 is 4.74 Å². The Morgan fingerprint density at radius 1 is 1.13 bits per heavy atom. The number of hydrogen-bond acceptors (Lipinski definition) is 7. The van der Waals surface area contributed by atoms with Crippen molar-refractivity contribution in [2.45, 2.75) is 41.3 Å². The van der Waals surface area contributed by atoms with Gasteiger partial charge in [0.25, 0.3) is 11.8 Å². The van der Waals surface area contributed by atoms with E-state index in [1.165, 1.54) is 13.2 Å². The van der Waals surface area contributed by atoms with Crippen LogP contribution in [0.1, 0.15) is 37.2 Å². The van der Waals surface area contributed by atoms with Gasteiger partial charge in [-0.15, -0.1) is 23.2 Å². The van der Waals surface area contributed by atoms with E-state index in [0.717, 1.165) is 9.80 Å². The molecular formula is C26H25BrCl2N2O8. The second-order valence-electron chi connectivity index (χ2n) is 10.2. The number of aromatic hydroxyl groups is 1. The molecule has 39 heavy (non-hydrogen) atoms. The van der Waals surface area contributed by atoms with Crippen LogP contribution in [-0.4, -0.2) is 78.5 Å². The van der Waals surface area contributed by atoms with Gasteiger partial charge in [-0.2, -0.15) is 0 Å². The number of fused-ring (bicyclic) bond motifs is 4. The maximum Gasteiger partial charge on any atom is 0.303 e. The molecule has 1 saturated carbocycles. The molecule has 2 saturated heterocycles. The summed E-state index contributed by atoms with van der Waals surface area (Å²) >= 11 is 17.5. The Kier molecular flexibility index (Phi) is 7.00. The lowest BCUT2D eigenvalue weighted by atomic mass is 9.56. The Morgan fingerprint density at radius 3 is 2.49 bits per heavy atom. The van der Waals surface area contributed by atoms with Gasteiger partial charge < -0.3 is 14.9 Å². The summed E-state index contributed by atoms with van der Waals surface area (Å²) < 4.78 is 5.52.